The maximum Gasteiger partial charge on any atom is 0.225 e. The normalized spacial score (nSPS) is 11.5. The molecule has 1 amide bonds. The van der Waals surface area contributed by atoms with E-state index in [1.54, 1.807) is 0 Å². The topological polar surface area (TPSA) is 64.3 Å². The number of ether oxygens (including phenoxy) is 1. The molecule has 3 N–H and O–H groups in total. The predicted molar refractivity (Wildman–Crippen MR) is 61.6 cm³/mol. The molecule has 4 heteroatoms. The molecule has 0 aliphatic heterocycles. The summed E-state index contributed by atoms with van der Waals surface area (Å²) in [5.74, 6) is 0.115. The number of rotatable bonds is 8. The zero-order valence-corrected chi connectivity index (χ0v) is 10.1. The van der Waals surface area contributed by atoms with Crippen LogP contribution in [0.1, 0.15) is 33.6 Å². The van der Waals surface area contributed by atoms with E-state index in [0.29, 0.717) is 26.3 Å². The molecule has 15 heavy (non-hydrogen) atoms. The molecule has 0 bridgehead atoms. The summed E-state index contributed by atoms with van der Waals surface area (Å²) < 4.78 is 5.20. The van der Waals surface area contributed by atoms with E-state index < -0.39 is 0 Å². The maximum atomic E-state index is 11.6. The summed E-state index contributed by atoms with van der Waals surface area (Å²) in [6.07, 6.45) is 1.69. The van der Waals surface area contributed by atoms with E-state index in [1.807, 2.05) is 20.8 Å². The first-order valence-electron chi connectivity index (χ1n) is 5.60. The quantitative estimate of drug-likeness (QED) is 0.593. The first-order valence-corrected chi connectivity index (χ1v) is 5.60. The molecule has 0 heterocycles. The summed E-state index contributed by atoms with van der Waals surface area (Å²) in [4.78, 5) is 11.6. The second-order valence-corrected chi connectivity index (χ2v) is 4.25. The van der Waals surface area contributed by atoms with E-state index >= 15 is 0 Å². The van der Waals surface area contributed by atoms with Gasteiger partial charge in [-0.15, -0.1) is 0 Å². The molecule has 0 fully saturated rings. The summed E-state index contributed by atoms with van der Waals surface area (Å²) in [6.45, 7) is 8.39. The smallest absolute Gasteiger partial charge is 0.225 e. The molecular weight excluding hydrogens is 192 g/mol. The Kier molecular flexibility index (Phi) is 7.34. The van der Waals surface area contributed by atoms with Crippen molar-refractivity contribution in [1.29, 1.82) is 0 Å². The molecule has 0 aromatic rings. The maximum absolute atomic E-state index is 11.6. The van der Waals surface area contributed by atoms with Gasteiger partial charge >= 0.3 is 0 Å². The van der Waals surface area contributed by atoms with Crippen LogP contribution in [0.3, 0.4) is 0 Å². The summed E-state index contributed by atoms with van der Waals surface area (Å²) in [6, 6.07) is 0. The van der Waals surface area contributed by atoms with Crippen molar-refractivity contribution in [3.63, 3.8) is 0 Å². The molecule has 0 unspecified atom stereocenters. The summed E-state index contributed by atoms with van der Waals surface area (Å²) in [5, 5.41) is 2.90. The molecule has 90 valence electrons. The number of hydrogen-bond acceptors (Lipinski definition) is 3. The van der Waals surface area contributed by atoms with E-state index in [0.717, 1.165) is 12.8 Å². The molecule has 0 aliphatic rings. The molecule has 0 aromatic heterocycles. The lowest BCUT2D eigenvalue weighted by Gasteiger charge is -2.21. The average molecular weight is 216 g/mol. The Morgan fingerprint density at radius 2 is 2.07 bits per heavy atom. The van der Waals surface area contributed by atoms with Crippen molar-refractivity contribution in [3.05, 3.63) is 0 Å². The van der Waals surface area contributed by atoms with Gasteiger partial charge in [-0.05, 0) is 12.8 Å². The molecular formula is C11H24N2O2. The third-order valence-corrected chi connectivity index (χ3v) is 2.51. The summed E-state index contributed by atoms with van der Waals surface area (Å²) in [7, 11) is 0. The third-order valence-electron chi connectivity index (χ3n) is 2.51. The van der Waals surface area contributed by atoms with Crippen LogP contribution in [0.5, 0.6) is 0 Å². The number of amides is 1. The molecule has 0 aliphatic carbocycles. The van der Waals surface area contributed by atoms with Gasteiger partial charge in [-0.25, -0.2) is 0 Å². The van der Waals surface area contributed by atoms with Gasteiger partial charge in [0, 0.05) is 25.1 Å². The Hall–Kier alpha value is -0.610. The third kappa shape index (κ3) is 6.47. The standard InChI is InChI=1S/C11H24N2O2/c1-4-11(2,3)10(14)13-7-5-8-15-9-6-12/h4-9,12H2,1-3H3,(H,13,14). The predicted octanol–water partition coefficient (Wildman–Crippen LogP) is 0.904. The Morgan fingerprint density at radius 3 is 2.60 bits per heavy atom. The average Bonchev–Trinajstić information content (AvgIpc) is 2.22. The van der Waals surface area contributed by atoms with Crippen molar-refractivity contribution in [2.24, 2.45) is 11.1 Å². The highest BCUT2D eigenvalue weighted by molar-refractivity contribution is 5.81. The number of carbonyl (C=O) groups is 1. The van der Waals surface area contributed by atoms with Crippen molar-refractivity contribution < 1.29 is 9.53 Å². The molecule has 0 rings (SSSR count). The Morgan fingerprint density at radius 1 is 1.40 bits per heavy atom. The van der Waals surface area contributed by atoms with Crippen LogP contribution in [0.2, 0.25) is 0 Å². The van der Waals surface area contributed by atoms with Gasteiger partial charge in [0.2, 0.25) is 5.91 Å². The van der Waals surface area contributed by atoms with Gasteiger partial charge in [0.05, 0.1) is 6.61 Å². The zero-order chi connectivity index (χ0) is 11.7. The first kappa shape index (κ1) is 14.4. The summed E-state index contributed by atoms with van der Waals surface area (Å²) >= 11 is 0. The first-order chi connectivity index (χ1) is 7.04. The monoisotopic (exact) mass is 216 g/mol. The van der Waals surface area contributed by atoms with E-state index in [-0.39, 0.29) is 11.3 Å². The molecule has 0 saturated carbocycles. The van der Waals surface area contributed by atoms with Crippen molar-refractivity contribution in [3.8, 4) is 0 Å². The zero-order valence-electron chi connectivity index (χ0n) is 10.1. The van der Waals surface area contributed by atoms with Crippen LogP contribution >= 0.6 is 0 Å². The van der Waals surface area contributed by atoms with Crippen LogP contribution in [-0.2, 0) is 9.53 Å². The minimum atomic E-state index is -0.266. The molecule has 4 nitrogen and oxygen atoms in total. The second kappa shape index (κ2) is 7.65. The van der Waals surface area contributed by atoms with Gasteiger partial charge < -0.3 is 15.8 Å². The van der Waals surface area contributed by atoms with Crippen LogP contribution in [0.15, 0.2) is 0 Å². The van der Waals surface area contributed by atoms with Crippen LogP contribution in [0, 0.1) is 5.41 Å². The summed E-state index contributed by atoms with van der Waals surface area (Å²) in [5.41, 5.74) is 5.01. The minimum Gasteiger partial charge on any atom is -0.380 e. The minimum absolute atomic E-state index is 0.115. The highest BCUT2D eigenvalue weighted by Crippen LogP contribution is 2.19. The highest BCUT2D eigenvalue weighted by atomic mass is 16.5. The highest BCUT2D eigenvalue weighted by Gasteiger charge is 2.24. The molecule has 0 radical (unpaired) electrons. The lowest BCUT2D eigenvalue weighted by molar-refractivity contribution is -0.129. The largest absolute Gasteiger partial charge is 0.380 e. The number of nitrogens with two attached hydrogens (primary N) is 1. The van der Waals surface area contributed by atoms with Gasteiger partial charge in [-0.1, -0.05) is 20.8 Å². The van der Waals surface area contributed by atoms with Gasteiger partial charge in [0.15, 0.2) is 0 Å². The van der Waals surface area contributed by atoms with E-state index in [2.05, 4.69) is 5.32 Å². The Balaban J connectivity index is 3.47. The molecule has 0 spiro atoms. The van der Waals surface area contributed by atoms with Crippen molar-refractivity contribution in [1.82, 2.24) is 5.32 Å². The van der Waals surface area contributed by atoms with E-state index in [1.165, 1.54) is 0 Å². The van der Waals surface area contributed by atoms with Crippen molar-refractivity contribution in [2.75, 3.05) is 26.3 Å². The fraction of sp³-hybridized carbons (Fsp3) is 0.909. The lowest BCUT2D eigenvalue weighted by Crippen LogP contribution is -2.37. The van der Waals surface area contributed by atoms with Crippen LogP contribution in [0.4, 0.5) is 0 Å². The Labute approximate surface area is 92.6 Å². The number of nitrogens with one attached hydrogen (secondary N) is 1. The fourth-order valence-electron chi connectivity index (χ4n) is 0.961. The van der Waals surface area contributed by atoms with Gasteiger partial charge in [0.25, 0.3) is 0 Å². The van der Waals surface area contributed by atoms with Crippen LogP contribution in [-0.4, -0.2) is 32.2 Å². The fourth-order valence-corrected chi connectivity index (χ4v) is 0.961. The second-order valence-electron chi connectivity index (χ2n) is 4.25. The van der Waals surface area contributed by atoms with E-state index in [9.17, 15) is 4.79 Å². The Bertz CT molecular complexity index is 181. The van der Waals surface area contributed by atoms with E-state index in [4.69, 9.17) is 10.5 Å². The lowest BCUT2D eigenvalue weighted by atomic mass is 9.89. The van der Waals surface area contributed by atoms with Crippen molar-refractivity contribution in [2.45, 2.75) is 33.6 Å². The van der Waals surface area contributed by atoms with Gasteiger partial charge in [-0.3, -0.25) is 4.79 Å². The van der Waals surface area contributed by atoms with Gasteiger partial charge in [0.1, 0.15) is 0 Å². The van der Waals surface area contributed by atoms with Gasteiger partial charge in [-0.2, -0.15) is 0 Å². The van der Waals surface area contributed by atoms with Crippen molar-refractivity contribution >= 4 is 5.91 Å². The molecule has 0 saturated heterocycles. The number of carbonyl (C=O) groups excluding carboxylic acids is 1. The van der Waals surface area contributed by atoms with Crippen LogP contribution in [0.25, 0.3) is 0 Å². The molecule has 0 atom stereocenters. The number of hydrogen-bond donors (Lipinski definition) is 2. The molecule has 0 aromatic carbocycles. The SMILES string of the molecule is CCC(C)(C)C(=O)NCCCOCCN. The van der Waals surface area contributed by atoms with Crippen LogP contribution < -0.4 is 11.1 Å².